The van der Waals surface area contributed by atoms with Crippen LogP contribution < -0.4 is 9.47 Å². The van der Waals surface area contributed by atoms with E-state index in [0.717, 1.165) is 11.5 Å². The molecule has 0 aromatic heterocycles. The standard InChI is InChI=1S/C29H24O2/c1-29(2)27-20-8-6-5-7-17(20)9-12-23(27)26-21-13-10-18(30-3)15-24(21)25-16-19(31-4)11-14-22(25)28(26)29/h5-16H,1-4H3. The molecule has 0 unspecified atom stereocenters. The molecule has 2 nitrogen and oxygen atoms in total. The fraction of sp³-hybridized carbons (Fsp3) is 0.172. The number of ether oxygens (including phenoxy) is 2. The minimum Gasteiger partial charge on any atom is -0.497 e. The van der Waals surface area contributed by atoms with Gasteiger partial charge in [0.2, 0.25) is 0 Å². The molecule has 0 spiro atoms. The maximum atomic E-state index is 5.59. The van der Waals surface area contributed by atoms with E-state index < -0.39 is 0 Å². The molecule has 31 heavy (non-hydrogen) atoms. The molecule has 0 bridgehead atoms. The summed E-state index contributed by atoms with van der Waals surface area (Å²) >= 11 is 0. The van der Waals surface area contributed by atoms with Crippen molar-refractivity contribution in [2.75, 3.05) is 14.2 Å². The number of methoxy groups -OCH3 is 2. The monoisotopic (exact) mass is 404 g/mol. The van der Waals surface area contributed by atoms with Crippen LogP contribution in [-0.4, -0.2) is 14.2 Å². The Balaban J connectivity index is 1.86. The smallest absolute Gasteiger partial charge is 0.119 e. The second-order valence-corrected chi connectivity index (χ2v) is 8.91. The van der Waals surface area contributed by atoms with Crippen molar-refractivity contribution < 1.29 is 9.47 Å². The average Bonchev–Trinajstić information content (AvgIpc) is 3.06. The summed E-state index contributed by atoms with van der Waals surface area (Å²) in [4.78, 5) is 0. The van der Waals surface area contributed by atoms with E-state index in [9.17, 15) is 0 Å². The number of fused-ring (bicyclic) bond motifs is 10. The van der Waals surface area contributed by atoms with Crippen LogP contribution in [0, 0.1) is 0 Å². The van der Waals surface area contributed by atoms with Crippen LogP contribution in [0.4, 0.5) is 0 Å². The number of benzene rings is 5. The highest BCUT2D eigenvalue weighted by Crippen LogP contribution is 2.56. The van der Waals surface area contributed by atoms with E-state index >= 15 is 0 Å². The Hall–Kier alpha value is -3.52. The van der Waals surface area contributed by atoms with Crippen molar-refractivity contribution >= 4 is 32.3 Å². The molecule has 152 valence electrons. The van der Waals surface area contributed by atoms with Crippen molar-refractivity contribution in [3.8, 4) is 22.6 Å². The summed E-state index contributed by atoms with van der Waals surface area (Å²) in [5.74, 6) is 1.74. The number of rotatable bonds is 2. The van der Waals surface area contributed by atoms with Gasteiger partial charge in [0, 0.05) is 5.41 Å². The van der Waals surface area contributed by atoms with Crippen LogP contribution >= 0.6 is 0 Å². The highest BCUT2D eigenvalue weighted by atomic mass is 16.5. The van der Waals surface area contributed by atoms with E-state index in [1.165, 1.54) is 54.6 Å². The maximum Gasteiger partial charge on any atom is 0.119 e. The zero-order chi connectivity index (χ0) is 21.3. The molecule has 0 heterocycles. The molecule has 0 aliphatic heterocycles. The largest absolute Gasteiger partial charge is 0.497 e. The summed E-state index contributed by atoms with van der Waals surface area (Å²) in [6.45, 7) is 4.73. The first kappa shape index (κ1) is 18.3. The lowest BCUT2D eigenvalue weighted by molar-refractivity contribution is 0.415. The van der Waals surface area contributed by atoms with Crippen molar-refractivity contribution in [1.82, 2.24) is 0 Å². The molecule has 5 aromatic rings. The minimum atomic E-state index is -0.119. The second-order valence-electron chi connectivity index (χ2n) is 8.91. The van der Waals surface area contributed by atoms with E-state index in [4.69, 9.17) is 9.47 Å². The zero-order valence-corrected chi connectivity index (χ0v) is 18.2. The summed E-state index contributed by atoms with van der Waals surface area (Å²) in [7, 11) is 3.45. The van der Waals surface area contributed by atoms with Gasteiger partial charge in [0.25, 0.3) is 0 Å². The molecule has 0 N–H and O–H groups in total. The minimum absolute atomic E-state index is 0.119. The Labute approximate surface area is 182 Å². The average molecular weight is 405 g/mol. The molecule has 0 fully saturated rings. The summed E-state index contributed by atoms with van der Waals surface area (Å²) in [6, 6.07) is 26.2. The highest BCUT2D eigenvalue weighted by molar-refractivity contribution is 6.20. The lowest BCUT2D eigenvalue weighted by Gasteiger charge is -2.25. The normalized spacial score (nSPS) is 14.1. The summed E-state index contributed by atoms with van der Waals surface area (Å²) in [6.07, 6.45) is 0. The predicted molar refractivity (Wildman–Crippen MR) is 130 cm³/mol. The molecule has 5 aromatic carbocycles. The van der Waals surface area contributed by atoms with Gasteiger partial charge in [-0.1, -0.05) is 62.4 Å². The van der Waals surface area contributed by atoms with E-state index in [2.05, 4.69) is 86.6 Å². The van der Waals surface area contributed by atoms with Gasteiger partial charge in [-0.15, -0.1) is 0 Å². The Morgan fingerprint density at radius 2 is 1.23 bits per heavy atom. The SMILES string of the molecule is COc1ccc2c3c(c4ccc(OC)cc4c2c1)C(C)(C)c1c-3ccc2ccccc12. The van der Waals surface area contributed by atoms with Gasteiger partial charge in [0.1, 0.15) is 11.5 Å². The fourth-order valence-corrected chi connectivity index (χ4v) is 5.66. The van der Waals surface area contributed by atoms with Crippen LogP contribution in [-0.2, 0) is 5.41 Å². The molecule has 0 radical (unpaired) electrons. The molecule has 0 atom stereocenters. The Bertz CT molecular complexity index is 1530. The predicted octanol–water partition coefficient (Wildman–Crippen LogP) is 7.47. The summed E-state index contributed by atoms with van der Waals surface area (Å²) in [5.41, 5.74) is 5.38. The first-order chi connectivity index (χ1) is 15.0. The third-order valence-corrected chi connectivity index (χ3v) is 6.98. The fourth-order valence-electron chi connectivity index (χ4n) is 5.66. The van der Waals surface area contributed by atoms with Gasteiger partial charge in [-0.3, -0.25) is 0 Å². The molecule has 0 saturated heterocycles. The third-order valence-electron chi connectivity index (χ3n) is 6.98. The Morgan fingerprint density at radius 1 is 0.581 bits per heavy atom. The molecule has 1 aliphatic rings. The van der Waals surface area contributed by atoms with E-state index in [-0.39, 0.29) is 5.41 Å². The van der Waals surface area contributed by atoms with E-state index in [0.29, 0.717) is 0 Å². The van der Waals surface area contributed by atoms with Crippen LogP contribution in [0.2, 0.25) is 0 Å². The zero-order valence-electron chi connectivity index (χ0n) is 18.2. The van der Waals surface area contributed by atoms with Crippen molar-refractivity contribution in [1.29, 1.82) is 0 Å². The Kier molecular flexibility index (Phi) is 3.68. The molecule has 1 aliphatic carbocycles. The lowest BCUT2D eigenvalue weighted by atomic mass is 9.78. The van der Waals surface area contributed by atoms with Gasteiger partial charge < -0.3 is 9.47 Å². The second kappa shape index (κ2) is 6.24. The third kappa shape index (κ3) is 2.33. The molecule has 6 rings (SSSR count). The van der Waals surface area contributed by atoms with Crippen LogP contribution in [0.25, 0.3) is 43.4 Å². The molecule has 0 saturated carbocycles. The van der Waals surface area contributed by atoms with Gasteiger partial charge in [-0.2, -0.15) is 0 Å². The summed E-state index contributed by atoms with van der Waals surface area (Å²) in [5, 5.41) is 7.57. The van der Waals surface area contributed by atoms with Crippen LogP contribution in [0.1, 0.15) is 25.0 Å². The Morgan fingerprint density at radius 3 is 1.94 bits per heavy atom. The molecular formula is C29H24O2. The van der Waals surface area contributed by atoms with Gasteiger partial charge in [-0.25, -0.2) is 0 Å². The van der Waals surface area contributed by atoms with Crippen molar-refractivity contribution in [3.63, 3.8) is 0 Å². The molecular weight excluding hydrogens is 380 g/mol. The quantitative estimate of drug-likeness (QED) is 0.284. The highest BCUT2D eigenvalue weighted by Gasteiger charge is 2.39. The maximum absolute atomic E-state index is 5.59. The van der Waals surface area contributed by atoms with E-state index in [1.54, 1.807) is 14.2 Å². The van der Waals surface area contributed by atoms with Crippen molar-refractivity contribution in [2.45, 2.75) is 19.3 Å². The van der Waals surface area contributed by atoms with Crippen molar-refractivity contribution in [2.24, 2.45) is 0 Å². The van der Waals surface area contributed by atoms with Crippen LogP contribution in [0.3, 0.4) is 0 Å². The van der Waals surface area contributed by atoms with Gasteiger partial charge >= 0.3 is 0 Å². The van der Waals surface area contributed by atoms with Gasteiger partial charge in [0.05, 0.1) is 14.2 Å². The van der Waals surface area contributed by atoms with Crippen LogP contribution in [0.15, 0.2) is 72.8 Å². The lowest BCUT2D eigenvalue weighted by Crippen LogP contribution is -2.16. The van der Waals surface area contributed by atoms with Gasteiger partial charge in [-0.05, 0) is 78.8 Å². The summed E-state index contributed by atoms with van der Waals surface area (Å²) < 4.78 is 11.2. The van der Waals surface area contributed by atoms with Gasteiger partial charge in [0.15, 0.2) is 0 Å². The number of hydrogen-bond acceptors (Lipinski definition) is 2. The van der Waals surface area contributed by atoms with E-state index in [1.807, 2.05) is 0 Å². The van der Waals surface area contributed by atoms with Crippen molar-refractivity contribution in [3.05, 3.63) is 83.9 Å². The molecule has 2 heteroatoms. The topological polar surface area (TPSA) is 18.5 Å². The first-order valence-electron chi connectivity index (χ1n) is 10.7. The first-order valence-corrected chi connectivity index (χ1v) is 10.7. The van der Waals surface area contributed by atoms with Crippen LogP contribution in [0.5, 0.6) is 11.5 Å². The molecule has 0 amide bonds. The number of hydrogen-bond donors (Lipinski definition) is 0.